The van der Waals surface area contributed by atoms with Crippen molar-refractivity contribution in [3.8, 4) is 11.5 Å². The van der Waals surface area contributed by atoms with Crippen molar-refractivity contribution >= 4 is 31.9 Å². The van der Waals surface area contributed by atoms with Crippen molar-refractivity contribution in [1.29, 1.82) is 0 Å². The Kier molecular flexibility index (Phi) is 3.70. The first-order chi connectivity index (χ1) is 8.10. The molecule has 0 fully saturated rings. The highest BCUT2D eigenvalue weighted by Crippen LogP contribution is 2.25. The van der Waals surface area contributed by atoms with Crippen LogP contribution < -0.4 is 11.3 Å². The Hall–Kier alpha value is -1.05. The molecule has 2 aromatic heterocycles. The highest BCUT2D eigenvalue weighted by molar-refractivity contribution is 9.11. The van der Waals surface area contributed by atoms with Gasteiger partial charge in [0, 0.05) is 27.8 Å². The zero-order valence-electron chi connectivity index (χ0n) is 8.58. The Bertz CT molecular complexity index is 611. The fraction of sp³-hybridized carbons (Fsp3) is 0.100. The van der Waals surface area contributed by atoms with E-state index in [0.29, 0.717) is 17.2 Å². The zero-order valence-corrected chi connectivity index (χ0v) is 11.7. The summed E-state index contributed by atoms with van der Waals surface area (Å²) in [5, 5.41) is 0. The largest absolute Gasteiger partial charge is 0.325 e. The van der Waals surface area contributed by atoms with Crippen LogP contribution in [0.1, 0.15) is 5.69 Å². The maximum Gasteiger partial charge on any atom is 0.251 e. The minimum absolute atomic E-state index is 0.213. The van der Waals surface area contributed by atoms with Gasteiger partial charge < -0.3 is 10.7 Å². The third kappa shape index (κ3) is 2.80. The van der Waals surface area contributed by atoms with E-state index in [9.17, 15) is 4.79 Å². The molecule has 0 aromatic carbocycles. The van der Waals surface area contributed by atoms with Crippen LogP contribution in [0.25, 0.3) is 11.5 Å². The fourth-order valence-corrected chi connectivity index (χ4v) is 2.49. The van der Waals surface area contributed by atoms with E-state index >= 15 is 0 Å². The van der Waals surface area contributed by atoms with E-state index in [0.717, 1.165) is 8.95 Å². The molecule has 0 bridgehead atoms. The van der Waals surface area contributed by atoms with E-state index in [1.54, 1.807) is 6.20 Å². The second kappa shape index (κ2) is 5.07. The number of nitrogens with two attached hydrogens (primary N) is 1. The molecule has 0 spiro atoms. The Morgan fingerprint density at radius 3 is 2.76 bits per heavy atom. The maximum absolute atomic E-state index is 11.4. The van der Waals surface area contributed by atoms with Gasteiger partial charge in [0.05, 0.1) is 5.69 Å². The Morgan fingerprint density at radius 2 is 2.12 bits per heavy atom. The molecule has 0 aliphatic heterocycles. The normalized spacial score (nSPS) is 10.5. The van der Waals surface area contributed by atoms with Crippen molar-refractivity contribution in [3.05, 3.63) is 43.3 Å². The minimum atomic E-state index is -0.243. The molecule has 2 rings (SSSR count). The van der Waals surface area contributed by atoms with E-state index in [1.807, 2.05) is 6.07 Å². The van der Waals surface area contributed by atoms with Gasteiger partial charge in [-0.15, -0.1) is 0 Å². The van der Waals surface area contributed by atoms with Gasteiger partial charge in [-0.2, -0.15) is 0 Å². The van der Waals surface area contributed by atoms with Crippen molar-refractivity contribution < 1.29 is 0 Å². The average molecular weight is 360 g/mol. The van der Waals surface area contributed by atoms with Crippen LogP contribution in [0.3, 0.4) is 0 Å². The van der Waals surface area contributed by atoms with Gasteiger partial charge in [-0.25, -0.2) is 4.98 Å². The molecular weight excluding hydrogens is 352 g/mol. The molecule has 3 N–H and O–H groups in total. The van der Waals surface area contributed by atoms with E-state index in [1.165, 1.54) is 6.07 Å². The first-order valence-electron chi connectivity index (χ1n) is 4.72. The van der Waals surface area contributed by atoms with E-state index in [2.05, 4.69) is 46.8 Å². The van der Waals surface area contributed by atoms with E-state index in [-0.39, 0.29) is 12.1 Å². The quantitative estimate of drug-likeness (QED) is 0.856. The number of hydrogen-bond donors (Lipinski definition) is 2. The lowest BCUT2D eigenvalue weighted by molar-refractivity contribution is 0.950. The van der Waals surface area contributed by atoms with Gasteiger partial charge in [0.15, 0.2) is 5.82 Å². The van der Waals surface area contributed by atoms with Gasteiger partial charge in [-0.1, -0.05) is 0 Å². The second-order valence-electron chi connectivity index (χ2n) is 3.27. The molecular formula is C10H8Br2N4O. The lowest BCUT2D eigenvalue weighted by Gasteiger charge is -2.04. The van der Waals surface area contributed by atoms with Crippen LogP contribution in [0.5, 0.6) is 0 Å². The predicted octanol–water partition coefficient (Wildman–Crippen LogP) is 1.82. The SMILES string of the molecule is NCc1cc(=O)[nH]c(-c2ncc(Br)cc2Br)n1. The first-order valence-corrected chi connectivity index (χ1v) is 6.30. The molecule has 0 atom stereocenters. The Balaban J connectivity index is 2.60. The summed E-state index contributed by atoms with van der Waals surface area (Å²) in [7, 11) is 0. The third-order valence-electron chi connectivity index (χ3n) is 2.04. The van der Waals surface area contributed by atoms with Crippen molar-refractivity contribution in [2.45, 2.75) is 6.54 Å². The number of aromatic nitrogens is 3. The Labute approximate surface area is 114 Å². The van der Waals surface area contributed by atoms with Crippen LogP contribution in [0.4, 0.5) is 0 Å². The monoisotopic (exact) mass is 358 g/mol. The fourth-order valence-electron chi connectivity index (χ4n) is 1.31. The van der Waals surface area contributed by atoms with Crippen LogP contribution in [-0.4, -0.2) is 15.0 Å². The van der Waals surface area contributed by atoms with Gasteiger partial charge >= 0.3 is 0 Å². The van der Waals surface area contributed by atoms with Crippen LogP contribution in [-0.2, 0) is 6.54 Å². The number of aromatic amines is 1. The summed E-state index contributed by atoms with van der Waals surface area (Å²) in [6, 6.07) is 3.20. The number of rotatable bonds is 2. The number of pyridine rings is 1. The van der Waals surface area contributed by atoms with Crippen molar-refractivity contribution in [2.75, 3.05) is 0 Å². The smallest absolute Gasteiger partial charge is 0.251 e. The van der Waals surface area contributed by atoms with Crippen LogP contribution in [0.15, 0.2) is 32.1 Å². The molecule has 0 saturated heterocycles. The summed E-state index contributed by atoms with van der Waals surface area (Å²) in [6.45, 7) is 0.213. The molecule has 0 amide bonds. The molecule has 2 heterocycles. The molecule has 5 nitrogen and oxygen atoms in total. The highest BCUT2D eigenvalue weighted by atomic mass is 79.9. The standard InChI is InChI=1S/C10H8Br2N4O/c11-5-1-7(12)9(14-4-5)10-15-6(3-13)2-8(17)16-10/h1-2,4H,3,13H2,(H,15,16,17). The van der Waals surface area contributed by atoms with Crippen LogP contribution in [0.2, 0.25) is 0 Å². The lowest BCUT2D eigenvalue weighted by atomic mass is 10.3. The summed E-state index contributed by atoms with van der Waals surface area (Å²) in [4.78, 5) is 22.5. The van der Waals surface area contributed by atoms with Gasteiger partial charge in [-0.3, -0.25) is 9.78 Å². The summed E-state index contributed by atoms with van der Waals surface area (Å²) in [6.07, 6.45) is 1.63. The molecule has 0 unspecified atom stereocenters. The van der Waals surface area contributed by atoms with Gasteiger partial charge in [-0.05, 0) is 37.9 Å². The zero-order chi connectivity index (χ0) is 12.4. The summed E-state index contributed by atoms with van der Waals surface area (Å²) >= 11 is 6.68. The molecule has 7 heteroatoms. The topological polar surface area (TPSA) is 84.7 Å². The summed E-state index contributed by atoms with van der Waals surface area (Å²) < 4.78 is 1.58. The number of hydrogen-bond acceptors (Lipinski definition) is 4. The molecule has 0 aliphatic carbocycles. The molecule has 17 heavy (non-hydrogen) atoms. The van der Waals surface area contributed by atoms with Gasteiger partial charge in [0.2, 0.25) is 0 Å². The van der Waals surface area contributed by atoms with E-state index in [4.69, 9.17) is 5.73 Å². The minimum Gasteiger partial charge on any atom is -0.325 e. The van der Waals surface area contributed by atoms with Crippen LogP contribution in [0, 0.1) is 0 Å². The first kappa shape index (κ1) is 12.4. The lowest BCUT2D eigenvalue weighted by Crippen LogP contribution is -2.13. The van der Waals surface area contributed by atoms with Crippen molar-refractivity contribution in [3.63, 3.8) is 0 Å². The highest BCUT2D eigenvalue weighted by Gasteiger charge is 2.09. The van der Waals surface area contributed by atoms with Gasteiger partial charge in [0.1, 0.15) is 5.69 Å². The van der Waals surface area contributed by atoms with Crippen LogP contribution >= 0.6 is 31.9 Å². The van der Waals surface area contributed by atoms with Crippen molar-refractivity contribution in [2.24, 2.45) is 5.73 Å². The summed E-state index contributed by atoms with van der Waals surface area (Å²) in [5.74, 6) is 0.400. The number of nitrogens with zero attached hydrogens (tertiary/aromatic N) is 2. The van der Waals surface area contributed by atoms with Crippen molar-refractivity contribution in [1.82, 2.24) is 15.0 Å². The molecule has 88 valence electrons. The molecule has 0 saturated carbocycles. The molecule has 0 aliphatic rings. The number of halogens is 2. The molecule has 2 aromatic rings. The average Bonchev–Trinajstić information content (AvgIpc) is 2.28. The third-order valence-corrected chi connectivity index (χ3v) is 3.07. The van der Waals surface area contributed by atoms with Gasteiger partial charge in [0.25, 0.3) is 5.56 Å². The predicted molar refractivity (Wildman–Crippen MR) is 71.4 cm³/mol. The maximum atomic E-state index is 11.4. The van der Waals surface area contributed by atoms with E-state index < -0.39 is 0 Å². The summed E-state index contributed by atoms with van der Waals surface area (Å²) in [5.41, 5.74) is 6.33. The molecule has 0 radical (unpaired) electrons. The number of nitrogens with one attached hydrogen (secondary N) is 1. The Morgan fingerprint density at radius 1 is 1.35 bits per heavy atom. The number of H-pyrrole nitrogens is 1. The second-order valence-corrected chi connectivity index (χ2v) is 5.04.